The number of amides is 1. The molecule has 3 N–H and O–H groups in total. The van der Waals surface area contributed by atoms with Crippen LogP contribution in [0.1, 0.15) is 13.8 Å². The van der Waals surface area contributed by atoms with Gasteiger partial charge in [-0.05, 0) is 30.2 Å². The largest absolute Gasteiger partial charge is 0.491 e. The van der Waals surface area contributed by atoms with Crippen LogP contribution in [0.2, 0.25) is 0 Å². The van der Waals surface area contributed by atoms with Gasteiger partial charge in [-0.25, -0.2) is 0 Å². The van der Waals surface area contributed by atoms with E-state index in [-0.39, 0.29) is 19.1 Å². The highest BCUT2D eigenvalue weighted by molar-refractivity contribution is 9.10. The number of rotatable bonds is 9. The van der Waals surface area contributed by atoms with Gasteiger partial charge in [0, 0.05) is 17.6 Å². The molecule has 0 heterocycles. The number of aliphatic hydroxyl groups excluding tert-OH is 1. The van der Waals surface area contributed by atoms with Crippen molar-refractivity contribution in [2.75, 3.05) is 26.2 Å². The molecule has 0 aromatic heterocycles. The van der Waals surface area contributed by atoms with Crippen molar-refractivity contribution in [3.8, 4) is 5.75 Å². The molecule has 1 atom stereocenters. The van der Waals surface area contributed by atoms with E-state index in [0.717, 1.165) is 4.47 Å². The maximum absolute atomic E-state index is 11.4. The molecule has 118 valence electrons. The van der Waals surface area contributed by atoms with E-state index in [9.17, 15) is 9.90 Å². The lowest BCUT2D eigenvalue weighted by atomic mass is 10.2. The fourth-order valence-corrected chi connectivity index (χ4v) is 1.78. The highest BCUT2D eigenvalue weighted by atomic mass is 79.9. The van der Waals surface area contributed by atoms with E-state index in [1.54, 1.807) is 0 Å². The van der Waals surface area contributed by atoms with Crippen molar-refractivity contribution in [3.05, 3.63) is 28.7 Å². The van der Waals surface area contributed by atoms with Crippen LogP contribution in [-0.2, 0) is 4.79 Å². The van der Waals surface area contributed by atoms with E-state index >= 15 is 0 Å². The molecule has 0 saturated heterocycles. The number of hydrogen-bond donors (Lipinski definition) is 3. The third kappa shape index (κ3) is 8.70. The summed E-state index contributed by atoms with van der Waals surface area (Å²) in [5, 5.41) is 15.5. The summed E-state index contributed by atoms with van der Waals surface area (Å²) in [5.41, 5.74) is 0. The van der Waals surface area contributed by atoms with Crippen LogP contribution in [-0.4, -0.2) is 43.4 Å². The predicted molar refractivity (Wildman–Crippen MR) is 86.4 cm³/mol. The fraction of sp³-hybridized carbons (Fsp3) is 0.533. The summed E-state index contributed by atoms with van der Waals surface area (Å²) in [6.45, 7) is 5.43. The van der Waals surface area contributed by atoms with E-state index in [1.807, 2.05) is 38.1 Å². The summed E-state index contributed by atoms with van der Waals surface area (Å²) >= 11 is 3.34. The van der Waals surface area contributed by atoms with E-state index in [2.05, 4.69) is 26.6 Å². The average molecular weight is 359 g/mol. The third-order valence-electron chi connectivity index (χ3n) is 2.63. The van der Waals surface area contributed by atoms with Gasteiger partial charge in [-0.15, -0.1) is 0 Å². The molecule has 0 bridgehead atoms. The molecule has 1 rings (SSSR count). The van der Waals surface area contributed by atoms with E-state index < -0.39 is 6.10 Å². The Labute approximate surface area is 134 Å². The maximum Gasteiger partial charge on any atom is 0.233 e. The normalized spacial score (nSPS) is 12.2. The monoisotopic (exact) mass is 358 g/mol. The van der Waals surface area contributed by atoms with Gasteiger partial charge in [-0.3, -0.25) is 4.79 Å². The fourth-order valence-electron chi connectivity index (χ4n) is 1.51. The van der Waals surface area contributed by atoms with Gasteiger partial charge in [-0.1, -0.05) is 29.8 Å². The van der Waals surface area contributed by atoms with E-state index in [0.29, 0.717) is 24.8 Å². The molecule has 5 nitrogen and oxygen atoms in total. The molecule has 0 fully saturated rings. The topological polar surface area (TPSA) is 70.6 Å². The molecule has 0 spiro atoms. The maximum atomic E-state index is 11.4. The summed E-state index contributed by atoms with van der Waals surface area (Å²) in [7, 11) is 0. The Balaban J connectivity index is 2.12. The molecule has 6 heteroatoms. The molecule has 1 amide bonds. The molecular formula is C15H23BrN2O3. The zero-order chi connectivity index (χ0) is 15.7. The molecule has 0 aliphatic carbocycles. The molecular weight excluding hydrogens is 336 g/mol. The first kappa shape index (κ1) is 17.9. The molecule has 0 saturated carbocycles. The molecule has 0 radical (unpaired) electrons. The zero-order valence-corrected chi connectivity index (χ0v) is 14.0. The molecule has 21 heavy (non-hydrogen) atoms. The standard InChI is InChI=1S/C15H23BrN2O3/c1-11(2)7-18-15(20)9-17-8-13(19)10-21-14-5-3-12(16)4-6-14/h3-6,11,13,17,19H,7-10H2,1-2H3,(H,18,20). The van der Waals surface area contributed by atoms with Gasteiger partial charge < -0.3 is 20.5 Å². The highest BCUT2D eigenvalue weighted by Crippen LogP contribution is 2.16. The number of hydrogen-bond acceptors (Lipinski definition) is 4. The van der Waals surface area contributed by atoms with Gasteiger partial charge in [0.25, 0.3) is 0 Å². The molecule has 1 aromatic rings. The van der Waals surface area contributed by atoms with Crippen LogP contribution in [0.3, 0.4) is 0 Å². The lowest BCUT2D eigenvalue weighted by Gasteiger charge is -2.13. The first-order valence-corrected chi connectivity index (χ1v) is 7.80. The second-order valence-corrected chi connectivity index (χ2v) is 6.16. The highest BCUT2D eigenvalue weighted by Gasteiger charge is 2.07. The van der Waals surface area contributed by atoms with Gasteiger partial charge in [0.1, 0.15) is 18.5 Å². The van der Waals surface area contributed by atoms with Gasteiger partial charge in [0.2, 0.25) is 5.91 Å². The summed E-state index contributed by atoms with van der Waals surface area (Å²) in [6, 6.07) is 7.39. The Bertz CT molecular complexity index is 423. The number of benzene rings is 1. The van der Waals surface area contributed by atoms with Crippen molar-refractivity contribution in [1.82, 2.24) is 10.6 Å². The van der Waals surface area contributed by atoms with Gasteiger partial charge >= 0.3 is 0 Å². The van der Waals surface area contributed by atoms with Crippen LogP contribution >= 0.6 is 15.9 Å². The van der Waals surface area contributed by atoms with Gasteiger partial charge in [-0.2, -0.15) is 0 Å². The Morgan fingerprint density at radius 1 is 1.29 bits per heavy atom. The van der Waals surface area contributed by atoms with Crippen LogP contribution < -0.4 is 15.4 Å². The van der Waals surface area contributed by atoms with Gasteiger partial charge in [0.15, 0.2) is 0 Å². The number of halogens is 1. The Kier molecular flexibility index (Phi) is 8.34. The van der Waals surface area contributed by atoms with Crippen LogP contribution in [0.15, 0.2) is 28.7 Å². The van der Waals surface area contributed by atoms with Crippen LogP contribution in [0.5, 0.6) is 5.75 Å². The number of ether oxygens (including phenoxy) is 1. The number of nitrogens with one attached hydrogen (secondary N) is 2. The smallest absolute Gasteiger partial charge is 0.233 e. The minimum atomic E-state index is -0.661. The van der Waals surface area contributed by atoms with Crippen molar-refractivity contribution >= 4 is 21.8 Å². The molecule has 0 aliphatic heterocycles. The number of aliphatic hydroxyl groups is 1. The molecule has 0 aliphatic rings. The first-order chi connectivity index (χ1) is 9.97. The Morgan fingerprint density at radius 3 is 2.57 bits per heavy atom. The van der Waals surface area contributed by atoms with Crippen molar-refractivity contribution in [3.63, 3.8) is 0 Å². The third-order valence-corrected chi connectivity index (χ3v) is 3.16. The second kappa shape index (κ2) is 9.76. The summed E-state index contributed by atoms with van der Waals surface area (Å²) in [6.07, 6.45) is -0.661. The second-order valence-electron chi connectivity index (χ2n) is 5.25. The van der Waals surface area contributed by atoms with E-state index in [4.69, 9.17) is 4.74 Å². The van der Waals surface area contributed by atoms with Crippen molar-refractivity contribution in [2.24, 2.45) is 5.92 Å². The number of carbonyl (C=O) groups is 1. The molecule has 1 unspecified atom stereocenters. The minimum absolute atomic E-state index is 0.0651. The van der Waals surface area contributed by atoms with Crippen molar-refractivity contribution < 1.29 is 14.6 Å². The lowest BCUT2D eigenvalue weighted by molar-refractivity contribution is -0.120. The van der Waals surface area contributed by atoms with Crippen LogP contribution in [0.4, 0.5) is 0 Å². The summed E-state index contributed by atoms with van der Waals surface area (Å²) in [5.74, 6) is 1.07. The summed E-state index contributed by atoms with van der Waals surface area (Å²) in [4.78, 5) is 11.4. The first-order valence-electron chi connectivity index (χ1n) is 7.01. The van der Waals surface area contributed by atoms with E-state index in [1.165, 1.54) is 0 Å². The Hall–Kier alpha value is -1.11. The van der Waals surface area contributed by atoms with Gasteiger partial charge in [0.05, 0.1) is 6.54 Å². The van der Waals surface area contributed by atoms with Crippen LogP contribution in [0.25, 0.3) is 0 Å². The number of carbonyl (C=O) groups excluding carboxylic acids is 1. The minimum Gasteiger partial charge on any atom is -0.491 e. The SMILES string of the molecule is CC(C)CNC(=O)CNCC(O)COc1ccc(Br)cc1. The van der Waals surface area contributed by atoms with Crippen LogP contribution in [0, 0.1) is 5.92 Å². The summed E-state index contributed by atoms with van der Waals surface area (Å²) < 4.78 is 6.42. The zero-order valence-electron chi connectivity index (χ0n) is 12.4. The Morgan fingerprint density at radius 2 is 1.95 bits per heavy atom. The average Bonchev–Trinajstić information content (AvgIpc) is 2.44. The lowest BCUT2D eigenvalue weighted by Crippen LogP contribution is -2.39. The van der Waals surface area contributed by atoms with Crippen molar-refractivity contribution in [1.29, 1.82) is 0 Å². The predicted octanol–water partition coefficient (Wildman–Crippen LogP) is 1.55. The van der Waals surface area contributed by atoms with Crippen molar-refractivity contribution in [2.45, 2.75) is 20.0 Å². The molecule has 1 aromatic carbocycles. The quantitative estimate of drug-likeness (QED) is 0.626.